The first-order valence-electron chi connectivity index (χ1n) is 6.66. The van der Waals surface area contributed by atoms with E-state index in [2.05, 4.69) is 6.92 Å². The second-order valence-electron chi connectivity index (χ2n) is 5.09. The van der Waals surface area contributed by atoms with Crippen LogP contribution in [0.2, 0.25) is 12.6 Å². The lowest BCUT2D eigenvalue weighted by Crippen LogP contribution is -2.50. The second-order valence-corrected chi connectivity index (χ2v) is 10.8. The van der Waals surface area contributed by atoms with Crippen molar-refractivity contribution in [2.75, 3.05) is 0 Å². The summed E-state index contributed by atoms with van der Waals surface area (Å²) in [6.45, 7) is 4.00. The van der Waals surface area contributed by atoms with Gasteiger partial charge in [0.2, 0.25) is 0 Å². The van der Waals surface area contributed by atoms with Gasteiger partial charge >= 0.3 is 0 Å². The van der Waals surface area contributed by atoms with Crippen LogP contribution in [0.3, 0.4) is 0 Å². The number of carbonyl (C=O) groups is 2. The van der Waals surface area contributed by atoms with E-state index in [9.17, 15) is 9.59 Å². The van der Waals surface area contributed by atoms with Crippen molar-refractivity contribution < 1.29 is 9.59 Å². The third kappa shape index (κ3) is 2.60. The van der Waals surface area contributed by atoms with Crippen LogP contribution in [-0.2, 0) is 0 Å². The van der Waals surface area contributed by atoms with Crippen LogP contribution in [0.4, 0.5) is 0 Å². The zero-order valence-corrected chi connectivity index (χ0v) is 13.0. The van der Waals surface area contributed by atoms with Crippen LogP contribution in [-0.4, -0.2) is 23.9 Å². The molecule has 1 aromatic rings. The van der Waals surface area contributed by atoms with Gasteiger partial charge in [-0.15, -0.1) is 11.1 Å². The van der Waals surface area contributed by atoms with E-state index in [1.54, 1.807) is 24.3 Å². The quantitative estimate of drug-likeness (QED) is 0.359. The first-order chi connectivity index (χ1) is 8.99. The number of fused-ring (bicyclic) bond motifs is 1. The van der Waals surface area contributed by atoms with Crippen LogP contribution < -0.4 is 0 Å². The maximum Gasteiger partial charge on any atom is 0.264 e. The number of nitrogens with zero attached hydrogens (tertiary/aromatic N) is 1. The van der Waals surface area contributed by atoms with Crippen molar-refractivity contribution in [3.63, 3.8) is 0 Å². The molecule has 1 unspecified atom stereocenters. The van der Waals surface area contributed by atoms with Gasteiger partial charge in [0, 0.05) is 0 Å². The molecule has 0 saturated carbocycles. The van der Waals surface area contributed by atoms with Gasteiger partial charge in [-0.05, 0) is 24.7 Å². The summed E-state index contributed by atoms with van der Waals surface area (Å²) in [7, 11) is -2.52. The van der Waals surface area contributed by atoms with Gasteiger partial charge in [-0.3, -0.25) is 14.2 Å². The fourth-order valence-corrected chi connectivity index (χ4v) is 5.49. The maximum absolute atomic E-state index is 12.3. The summed E-state index contributed by atoms with van der Waals surface area (Å²) < 4.78 is 1.34. The van der Waals surface area contributed by atoms with Crippen LogP contribution in [0.1, 0.15) is 46.9 Å². The highest BCUT2D eigenvalue weighted by molar-refractivity contribution is 7.20. The van der Waals surface area contributed by atoms with Crippen molar-refractivity contribution in [3.8, 4) is 0 Å². The predicted octanol–water partition coefficient (Wildman–Crippen LogP) is 3.78. The Morgan fingerprint density at radius 3 is 2.11 bits per heavy atom. The number of hydrogen-bond donors (Lipinski definition) is 0. The standard InChI is InChI=1S/C14H18ClNO2Si/c1-3-4-7-10-19(2,15)16-13(17)11-8-5-6-9-12(11)14(16)18/h5-6,8-9H,3-4,7,10H2,1-2H3. The lowest BCUT2D eigenvalue weighted by Gasteiger charge is -2.29. The van der Waals surface area contributed by atoms with E-state index in [0.29, 0.717) is 11.1 Å². The average molecular weight is 296 g/mol. The Bertz CT molecular complexity index is 481. The molecule has 1 aliphatic rings. The molecule has 0 aliphatic carbocycles. The molecule has 1 atom stereocenters. The number of halogens is 1. The normalized spacial score (nSPS) is 17.5. The summed E-state index contributed by atoms with van der Waals surface area (Å²) >= 11 is 6.58. The molecule has 0 bridgehead atoms. The molecule has 0 N–H and O–H groups in total. The zero-order chi connectivity index (χ0) is 14.0. The highest BCUT2D eigenvalue weighted by Gasteiger charge is 2.46. The van der Waals surface area contributed by atoms with Crippen LogP contribution in [0.25, 0.3) is 0 Å². The van der Waals surface area contributed by atoms with Crippen molar-refractivity contribution >= 4 is 30.4 Å². The molecular weight excluding hydrogens is 278 g/mol. The highest BCUT2D eigenvalue weighted by atomic mass is 35.6. The molecule has 3 nitrogen and oxygen atoms in total. The molecule has 1 aliphatic heterocycles. The number of unbranched alkanes of at least 4 members (excludes halogenated alkanes) is 2. The number of amides is 2. The SMILES string of the molecule is CCCCC[Si](C)(Cl)N1C(=O)c2ccccc2C1=O. The van der Waals surface area contributed by atoms with Gasteiger partial charge in [-0.1, -0.05) is 38.3 Å². The average Bonchev–Trinajstić information content (AvgIpc) is 2.63. The highest BCUT2D eigenvalue weighted by Crippen LogP contribution is 2.32. The molecule has 0 saturated heterocycles. The number of carbonyl (C=O) groups excluding carboxylic acids is 2. The third-order valence-corrected chi connectivity index (χ3v) is 7.18. The number of imide groups is 1. The fraction of sp³-hybridized carbons (Fsp3) is 0.429. The number of hydrogen-bond acceptors (Lipinski definition) is 2. The molecule has 5 heteroatoms. The van der Waals surface area contributed by atoms with Crippen LogP contribution in [0.15, 0.2) is 24.3 Å². The topological polar surface area (TPSA) is 37.4 Å². The van der Waals surface area contributed by atoms with Crippen LogP contribution in [0, 0.1) is 0 Å². The van der Waals surface area contributed by atoms with E-state index in [1.165, 1.54) is 4.57 Å². The molecule has 0 radical (unpaired) electrons. The fourth-order valence-electron chi connectivity index (χ4n) is 2.42. The van der Waals surface area contributed by atoms with Gasteiger partial charge in [-0.2, -0.15) is 0 Å². The first kappa shape index (κ1) is 14.3. The Hall–Kier alpha value is -1.13. The summed E-state index contributed by atoms with van der Waals surface area (Å²) in [6, 6.07) is 7.70. The Balaban J connectivity index is 2.23. The minimum absolute atomic E-state index is 0.221. The van der Waals surface area contributed by atoms with Crippen LogP contribution in [0.5, 0.6) is 0 Å². The number of benzene rings is 1. The van der Waals surface area contributed by atoms with E-state index < -0.39 is 7.55 Å². The molecular formula is C14H18ClNO2Si. The third-order valence-electron chi connectivity index (χ3n) is 3.50. The minimum Gasteiger partial charge on any atom is -0.289 e. The monoisotopic (exact) mass is 295 g/mol. The smallest absolute Gasteiger partial charge is 0.264 e. The van der Waals surface area contributed by atoms with Gasteiger partial charge in [-0.25, -0.2) is 0 Å². The van der Waals surface area contributed by atoms with Gasteiger partial charge in [0.25, 0.3) is 19.4 Å². The molecule has 1 heterocycles. The molecule has 2 amide bonds. The molecule has 2 rings (SSSR count). The summed E-state index contributed by atoms with van der Waals surface area (Å²) in [5.41, 5.74) is 0.977. The Kier molecular flexibility index (Phi) is 4.11. The first-order valence-corrected chi connectivity index (χ1v) is 10.3. The van der Waals surface area contributed by atoms with E-state index >= 15 is 0 Å². The Labute approximate surface area is 119 Å². The molecule has 19 heavy (non-hydrogen) atoms. The van der Waals surface area contributed by atoms with Gasteiger partial charge in [0.15, 0.2) is 0 Å². The van der Waals surface area contributed by atoms with E-state index in [-0.39, 0.29) is 11.8 Å². The summed E-state index contributed by atoms with van der Waals surface area (Å²) in [6.07, 6.45) is 3.15. The van der Waals surface area contributed by atoms with Crippen molar-refractivity contribution in [1.29, 1.82) is 0 Å². The number of rotatable bonds is 5. The minimum atomic E-state index is -2.52. The maximum atomic E-state index is 12.3. The Morgan fingerprint density at radius 2 is 1.63 bits per heavy atom. The zero-order valence-electron chi connectivity index (χ0n) is 11.3. The summed E-state index contributed by atoms with van der Waals surface area (Å²) in [4.78, 5) is 24.7. The lowest BCUT2D eigenvalue weighted by molar-refractivity contribution is 0.0754. The summed E-state index contributed by atoms with van der Waals surface area (Å²) in [5, 5.41) is 0. The van der Waals surface area contributed by atoms with Gasteiger partial charge < -0.3 is 0 Å². The molecule has 1 aromatic carbocycles. The van der Waals surface area contributed by atoms with Crippen molar-refractivity contribution in [2.24, 2.45) is 0 Å². The van der Waals surface area contributed by atoms with E-state index in [0.717, 1.165) is 25.3 Å². The lowest BCUT2D eigenvalue weighted by atomic mass is 10.1. The molecule has 0 fully saturated rings. The summed E-state index contributed by atoms with van der Waals surface area (Å²) in [5.74, 6) is -0.442. The second kappa shape index (κ2) is 5.47. The van der Waals surface area contributed by atoms with E-state index in [4.69, 9.17) is 11.1 Å². The molecule has 0 aromatic heterocycles. The Morgan fingerprint density at radius 1 is 1.11 bits per heavy atom. The van der Waals surface area contributed by atoms with Gasteiger partial charge in [0.05, 0.1) is 11.1 Å². The van der Waals surface area contributed by atoms with Crippen LogP contribution >= 0.6 is 11.1 Å². The van der Waals surface area contributed by atoms with Crippen molar-refractivity contribution in [2.45, 2.75) is 38.8 Å². The van der Waals surface area contributed by atoms with E-state index in [1.807, 2.05) is 6.55 Å². The van der Waals surface area contributed by atoms with Crippen molar-refractivity contribution in [3.05, 3.63) is 35.4 Å². The molecule has 0 spiro atoms. The predicted molar refractivity (Wildman–Crippen MR) is 78.7 cm³/mol. The molecule has 102 valence electrons. The van der Waals surface area contributed by atoms with Crippen molar-refractivity contribution in [1.82, 2.24) is 4.57 Å². The largest absolute Gasteiger partial charge is 0.289 e. The van der Waals surface area contributed by atoms with Gasteiger partial charge in [0.1, 0.15) is 0 Å².